The Kier molecular flexibility index (Phi) is 6.92. The number of hydrogen-bond acceptors (Lipinski definition) is 3. The lowest BCUT2D eigenvalue weighted by Gasteiger charge is -2.09. The lowest BCUT2D eigenvalue weighted by molar-refractivity contribution is 0.316. The minimum atomic E-state index is 0.681. The zero-order valence-electron chi connectivity index (χ0n) is 9.54. The van der Waals surface area contributed by atoms with Crippen LogP contribution in [-0.2, 0) is 6.42 Å². The molecule has 1 aromatic rings. The normalized spacial score (nSPS) is 10.4. The van der Waals surface area contributed by atoms with E-state index in [1.54, 1.807) is 0 Å². The smallest absolute Gasteiger partial charge is 0.133 e. The van der Waals surface area contributed by atoms with Gasteiger partial charge in [0.15, 0.2) is 0 Å². The van der Waals surface area contributed by atoms with Crippen LogP contribution in [0.5, 0.6) is 5.75 Å². The monoisotopic (exact) mass is 303 g/mol. The minimum Gasteiger partial charge on any atom is -0.492 e. The summed E-state index contributed by atoms with van der Waals surface area (Å²) in [5.41, 5.74) is 6.75. The molecule has 16 heavy (non-hydrogen) atoms. The van der Waals surface area contributed by atoms with Gasteiger partial charge in [-0.3, -0.25) is 0 Å². The van der Waals surface area contributed by atoms with Crippen LogP contribution in [0.25, 0.3) is 0 Å². The molecule has 2 N–H and O–H groups in total. The van der Waals surface area contributed by atoms with Gasteiger partial charge in [-0.2, -0.15) is 11.8 Å². The topological polar surface area (TPSA) is 35.2 Å². The predicted molar refractivity (Wildman–Crippen MR) is 75.4 cm³/mol. The Hall–Kier alpha value is -0.190. The van der Waals surface area contributed by atoms with Crippen molar-refractivity contribution in [3.63, 3.8) is 0 Å². The van der Waals surface area contributed by atoms with Gasteiger partial charge in [0, 0.05) is 0 Å². The van der Waals surface area contributed by atoms with Crippen LogP contribution in [0.3, 0.4) is 0 Å². The van der Waals surface area contributed by atoms with Crippen LogP contribution in [0.4, 0.5) is 0 Å². The van der Waals surface area contributed by atoms with Crippen LogP contribution in [0.15, 0.2) is 22.7 Å². The Morgan fingerprint density at radius 3 is 2.88 bits per heavy atom. The molecule has 0 aliphatic carbocycles. The summed E-state index contributed by atoms with van der Waals surface area (Å²) in [7, 11) is 0. The van der Waals surface area contributed by atoms with Gasteiger partial charge in [0.05, 0.1) is 11.1 Å². The second-order valence-corrected chi connectivity index (χ2v) is 5.34. The summed E-state index contributed by atoms with van der Waals surface area (Å²) >= 11 is 5.36. The summed E-state index contributed by atoms with van der Waals surface area (Å²) in [4.78, 5) is 0. The molecule has 0 atom stereocenters. The number of hydrogen-bond donors (Lipinski definition) is 1. The van der Waals surface area contributed by atoms with Crippen molar-refractivity contribution in [2.75, 3.05) is 25.2 Å². The maximum absolute atomic E-state index is 5.68. The average Bonchev–Trinajstić information content (AvgIpc) is 2.27. The van der Waals surface area contributed by atoms with Crippen LogP contribution in [0.1, 0.15) is 12.0 Å². The van der Waals surface area contributed by atoms with Crippen molar-refractivity contribution < 1.29 is 4.74 Å². The molecule has 0 saturated carbocycles. The fraction of sp³-hybridized carbons (Fsp3) is 0.500. The number of halogens is 1. The number of thioether (sulfide) groups is 1. The summed E-state index contributed by atoms with van der Waals surface area (Å²) in [6.45, 7) is 1.45. The highest BCUT2D eigenvalue weighted by molar-refractivity contribution is 9.10. The van der Waals surface area contributed by atoms with Gasteiger partial charge in [0.1, 0.15) is 5.75 Å². The fourth-order valence-electron chi connectivity index (χ4n) is 1.37. The Labute approximate surface area is 110 Å². The zero-order chi connectivity index (χ0) is 11.8. The molecule has 4 heteroatoms. The number of benzene rings is 1. The lowest BCUT2D eigenvalue weighted by Crippen LogP contribution is -2.03. The summed E-state index contributed by atoms with van der Waals surface area (Å²) in [5.74, 6) is 2.06. The highest BCUT2D eigenvalue weighted by atomic mass is 79.9. The molecular weight excluding hydrogens is 286 g/mol. The Bertz CT molecular complexity index is 320. The molecule has 0 radical (unpaired) electrons. The molecule has 0 heterocycles. The largest absolute Gasteiger partial charge is 0.492 e. The van der Waals surface area contributed by atoms with Crippen LogP contribution in [0, 0.1) is 0 Å². The van der Waals surface area contributed by atoms with Gasteiger partial charge in [0.2, 0.25) is 0 Å². The van der Waals surface area contributed by atoms with Gasteiger partial charge in [-0.15, -0.1) is 0 Å². The molecule has 0 unspecified atom stereocenters. The van der Waals surface area contributed by atoms with E-state index in [1.807, 2.05) is 17.8 Å². The quantitative estimate of drug-likeness (QED) is 0.786. The molecule has 0 spiro atoms. The SMILES string of the molecule is CSCCCOc1ccc(CCN)cc1Br. The number of nitrogens with two attached hydrogens (primary N) is 1. The maximum Gasteiger partial charge on any atom is 0.133 e. The summed E-state index contributed by atoms with van der Waals surface area (Å²) in [5, 5.41) is 0. The van der Waals surface area contributed by atoms with Crippen molar-refractivity contribution in [1.82, 2.24) is 0 Å². The fourth-order valence-corrected chi connectivity index (χ4v) is 2.32. The second kappa shape index (κ2) is 7.98. The van der Waals surface area contributed by atoms with E-state index < -0.39 is 0 Å². The van der Waals surface area contributed by atoms with Crippen molar-refractivity contribution in [2.45, 2.75) is 12.8 Å². The van der Waals surface area contributed by atoms with Gasteiger partial charge >= 0.3 is 0 Å². The van der Waals surface area contributed by atoms with Crippen molar-refractivity contribution in [3.05, 3.63) is 28.2 Å². The van der Waals surface area contributed by atoms with Crippen molar-refractivity contribution in [2.24, 2.45) is 5.73 Å². The Morgan fingerprint density at radius 2 is 2.25 bits per heavy atom. The van der Waals surface area contributed by atoms with Gasteiger partial charge in [-0.1, -0.05) is 6.07 Å². The van der Waals surface area contributed by atoms with Crippen LogP contribution in [0.2, 0.25) is 0 Å². The van der Waals surface area contributed by atoms with E-state index in [0.29, 0.717) is 6.54 Å². The first-order valence-electron chi connectivity index (χ1n) is 5.38. The van der Waals surface area contributed by atoms with Crippen molar-refractivity contribution >= 4 is 27.7 Å². The third-order valence-corrected chi connectivity index (χ3v) is 3.50. The highest BCUT2D eigenvalue weighted by Crippen LogP contribution is 2.26. The van der Waals surface area contributed by atoms with Gasteiger partial charge < -0.3 is 10.5 Å². The van der Waals surface area contributed by atoms with E-state index >= 15 is 0 Å². The zero-order valence-corrected chi connectivity index (χ0v) is 11.9. The molecule has 1 rings (SSSR count). The molecule has 0 fully saturated rings. The molecule has 0 aromatic heterocycles. The van der Waals surface area contributed by atoms with Gasteiger partial charge in [0.25, 0.3) is 0 Å². The van der Waals surface area contributed by atoms with E-state index in [0.717, 1.165) is 35.4 Å². The van der Waals surface area contributed by atoms with Crippen molar-refractivity contribution in [3.8, 4) is 5.75 Å². The van der Waals surface area contributed by atoms with E-state index in [1.165, 1.54) is 5.56 Å². The first-order valence-corrected chi connectivity index (χ1v) is 7.57. The standard InChI is InChI=1S/C12H18BrNOS/c1-16-8-2-7-15-12-4-3-10(5-6-14)9-11(12)13/h3-4,9H,2,5-8,14H2,1H3. The first-order chi connectivity index (χ1) is 7.77. The van der Waals surface area contributed by atoms with Crippen LogP contribution < -0.4 is 10.5 Å². The van der Waals surface area contributed by atoms with Gasteiger partial charge in [-0.25, -0.2) is 0 Å². The maximum atomic E-state index is 5.68. The molecular formula is C12H18BrNOS. The number of rotatable bonds is 7. The van der Waals surface area contributed by atoms with E-state index in [9.17, 15) is 0 Å². The van der Waals surface area contributed by atoms with E-state index in [4.69, 9.17) is 10.5 Å². The molecule has 0 amide bonds. The minimum absolute atomic E-state index is 0.681. The van der Waals surface area contributed by atoms with E-state index in [2.05, 4.69) is 34.3 Å². The molecule has 0 saturated heterocycles. The Balaban J connectivity index is 2.47. The lowest BCUT2D eigenvalue weighted by atomic mass is 10.1. The van der Waals surface area contributed by atoms with Gasteiger partial charge in [-0.05, 0) is 65.0 Å². The third kappa shape index (κ3) is 4.76. The number of ether oxygens (including phenoxy) is 1. The summed E-state index contributed by atoms with van der Waals surface area (Å²) in [6.07, 6.45) is 4.10. The average molecular weight is 304 g/mol. The summed E-state index contributed by atoms with van der Waals surface area (Å²) < 4.78 is 6.70. The van der Waals surface area contributed by atoms with Crippen molar-refractivity contribution in [1.29, 1.82) is 0 Å². The highest BCUT2D eigenvalue weighted by Gasteiger charge is 2.02. The van der Waals surface area contributed by atoms with Crippen LogP contribution >= 0.6 is 27.7 Å². The second-order valence-electron chi connectivity index (χ2n) is 3.50. The van der Waals surface area contributed by atoms with E-state index in [-0.39, 0.29) is 0 Å². The molecule has 0 bridgehead atoms. The first kappa shape index (κ1) is 13.9. The molecule has 1 aromatic carbocycles. The third-order valence-electron chi connectivity index (χ3n) is 2.18. The molecule has 0 aliphatic heterocycles. The molecule has 90 valence electrons. The predicted octanol–water partition coefficient (Wildman–Crippen LogP) is 3.08. The molecule has 0 aliphatic rings. The molecule has 2 nitrogen and oxygen atoms in total. The summed E-state index contributed by atoms with van der Waals surface area (Å²) in [6, 6.07) is 6.16. The van der Waals surface area contributed by atoms with Crippen LogP contribution in [-0.4, -0.2) is 25.2 Å². The Morgan fingerprint density at radius 1 is 1.44 bits per heavy atom.